The zero-order chi connectivity index (χ0) is 46.4. The van der Waals surface area contributed by atoms with E-state index in [1.165, 1.54) is 18.3 Å². The maximum atomic E-state index is 15.5. The number of sulfonamides is 1. The van der Waals surface area contributed by atoms with Crippen LogP contribution in [0.15, 0.2) is 85.3 Å². The summed E-state index contributed by atoms with van der Waals surface area (Å²) < 4.78 is 62.6. The number of hydrogen-bond acceptors (Lipinski definition) is 10. The van der Waals surface area contributed by atoms with Gasteiger partial charge >= 0.3 is 0 Å². The summed E-state index contributed by atoms with van der Waals surface area (Å²) in [5.41, 5.74) is 0.998. The Morgan fingerprint density at radius 3 is 2.40 bits per heavy atom. The molecule has 1 unspecified atom stereocenters. The number of H-pyrrole nitrogens is 1. The van der Waals surface area contributed by atoms with Crippen LogP contribution in [0.4, 0.5) is 14.5 Å². The first kappa shape index (κ1) is 45.7. The van der Waals surface area contributed by atoms with Gasteiger partial charge in [0.1, 0.15) is 23.3 Å². The summed E-state index contributed by atoms with van der Waals surface area (Å²) in [6, 6.07) is 13.6. The molecule has 5 N–H and O–H groups in total. The van der Waals surface area contributed by atoms with Crippen molar-refractivity contribution >= 4 is 62.1 Å². The highest BCUT2D eigenvalue weighted by molar-refractivity contribution is 7.92. The Kier molecular flexibility index (Phi) is 13.8. The van der Waals surface area contributed by atoms with E-state index >= 15 is 4.39 Å². The molecule has 65 heavy (non-hydrogen) atoms. The van der Waals surface area contributed by atoms with Crippen molar-refractivity contribution in [1.82, 2.24) is 30.8 Å². The Morgan fingerprint density at radius 2 is 1.68 bits per heavy atom. The van der Waals surface area contributed by atoms with Crippen LogP contribution in [0.25, 0.3) is 22.2 Å². The van der Waals surface area contributed by atoms with E-state index in [9.17, 15) is 41.6 Å². The Balaban J connectivity index is 0.840. The number of nitrogens with one attached hydrogen (secondary N) is 5. The van der Waals surface area contributed by atoms with Crippen molar-refractivity contribution in [1.29, 1.82) is 0 Å². The molecule has 1 saturated heterocycles. The minimum absolute atomic E-state index is 0.0143. The summed E-state index contributed by atoms with van der Waals surface area (Å²) >= 11 is 0. The first-order chi connectivity index (χ1) is 31.2. The molecule has 5 aromatic rings. The lowest BCUT2D eigenvalue weighted by atomic mass is 9.99. The molecule has 16 nitrogen and oxygen atoms in total. The van der Waals surface area contributed by atoms with Crippen LogP contribution in [-0.2, 0) is 19.6 Å². The molecule has 1 fully saturated rings. The molecule has 19 heteroatoms. The monoisotopic (exact) mass is 909 g/mol. The van der Waals surface area contributed by atoms with Crippen LogP contribution in [0, 0.1) is 11.6 Å². The van der Waals surface area contributed by atoms with E-state index in [1.807, 2.05) is 0 Å². The van der Waals surface area contributed by atoms with Crippen molar-refractivity contribution in [2.45, 2.75) is 57.9 Å². The van der Waals surface area contributed by atoms with Crippen LogP contribution in [0.3, 0.4) is 0 Å². The van der Waals surface area contributed by atoms with Gasteiger partial charge in [0.2, 0.25) is 21.7 Å². The fourth-order valence-corrected chi connectivity index (χ4v) is 8.77. The summed E-state index contributed by atoms with van der Waals surface area (Å²) in [5, 5.41) is 8.52. The van der Waals surface area contributed by atoms with Crippen LogP contribution >= 0.6 is 0 Å². The van der Waals surface area contributed by atoms with Crippen molar-refractivity contribution < 1.29 is 50.7 Å². The fourth-order valence-electron chi connectivity index (χ4n) is 7.64. The second-order valence-corrected chi connectivity index (χ2v) is 17.4. The third kappa shape index (κ3) is 10.1. The Labute approximate surface area is 372 Å². The van der Waals surface area contributed by atoms with E-state index in [0.29, 0.717) is 54.7 Å². The number of hydrogen-bond donors (Lipinski definition) is 5. The Morgan fingerprint density at radius 1 is 0.938 bits per heavy atom. The molecule has 0 aliphatic carbocycles. The van der Waals surface area contributed by atoms with E-state index in [0.717, 1.165) is 29.9 Å². The highest BCUT2D eigenvalue weighted by Gasteiger charge is 2.45. The fraction of sp³-hybridized carbons (Fsp3) is 0.283. The van der Waals surface area contributed by atoms with Gasteiger partial charge in [0.05, 0.1) is 28.1 Å². The van der Waals surface area contributed by atoms with Crippen molar-refractivity contribution in [3.05, 3.63) is 125 Å². The van der Waals surface area contributed by atoms with Crippen molar-refractivity contribution in [3.8, 4) is 16.9 Å². The number of aromatic amines is 1. The largest absolute Gasteiger partial charge is 0.483 e. The second-order valence-electron chi connectivity index (χ2n) is 15.5. The number of ketones is 1. The molecule has 0 radical (unpaired) electrons. The molecule has 2 aliphatic rings. The predicted molar refractivity (Wildman–Crippen MR) is 236 cm³/mol. The van der Waals surface area contributed by atoms with Gasteiger partial charge in [-0.3, -0.25) is 38.4 Å². The zero-order valence-electron chi connectivity index (χ0n) is 35.2. The van der Waals surface area contributed by atoms with E-state index in [2.05, 4.69) is 37.2 Å². The molecule has 4 heterocycles. The lowest BCUT2D eigenvalue weighted by Crippen LogP contribution is -2.51. The molecule has 1 atom stereocenters. The number of piperidine rings is 1. The summed E-state index contributed by atoms with van der Waals surface area (Å²) in [5.74, 6) is -6.15. The Bertz CT molecular complexity index is 2850. The van der Waals surface area contributed by atoms with Gasteiger partial charge in [-0.25, -0.2) is 22.2 Å². The van der Waals surface area contributed by atoms with Crippen molar-refractivity contribution in [2.75, 3.05) is 30.2 Å². The summed E-state index contributed by atoms with van der Waals surface area (Å²) in [7, 11) is -3.92. The minimum atomic E-state index is -3.92. The highest BCUT2D eigenvalue weighted by Crippen LogP contribution is 2.34. The smallest absolute Gasteiger partial charge is 0.266 e. The first-order valence-electron chi connectivity index (χ1n) is 21.0. The van der Waals surface area contributed by atoms with E-state index in [4.69, 9.17) is 4.74 Å². The number of allylic oxidation sites excluding steroid dienone is 1. The molecule has 0 bridgehead atoms. The summed E-state index contributed by atoms with van der Waals surface area (Å²) in [4.78, 5) is 86.0. The number of amides is 5. The molecular weight excluding hydrogens is 865 g/mol. The normalized spacial score (nSPS) is 14.9. The standard InChI is InChI=1S/C46H45F2N7O9S/c1-3-21-65(62,63)54-34-17-16-33(47)39(40(34)48)41(57)32-24-52-42-31(32)22-29(23-51-42)27-12-14-28(15-13-27)43(58)50-20-7-5-4-6-19-49-37(56)25-64-36-10-8-9-30-38(36)46(61)55(45(30)60)35-18-11-26(2)53-44(35)59/h8-10,12-17,22-24,35,54H,2-7,11,18-21,25H2,1H3,(H,49,56)(H,50,58)(H,51,52)(H,53,59). The third-order valence-corrected chi connectivity index (χ3v) is 12.4. The van der Waals surface area contributed by atoms with Crippen LogP contribution in [0.5, 0.6) is 5.75 Å². The van der Waals surface area contributed by atoms with Gasteiger partial charge in [0.25, 0.3) is 23.6 Å². The molecule has 2 aromatic heterocycles. The molecule has 0 saturated carbocycles. The number of pyridine rings is 1. The van der Waals surface area contributed by atoms with Gasteiger partial charge in [0, 0.05) is 53.3 Å². The topological polar surface area (TPSA) is 226 Å². The van der Waals surface area contributed by atoms with Crippen LogP contribution in [-0.4, -0.2) is 90.1 Å². The van der Waals surface area contributed by atoms with E-state index in [-0.39, 0.29) is 64.6 Å². The molecule has 5 amide bonds. The maximum absolute atomic E-state index is 15.5. The molecular formula is C46H45F2N7O9S. The number of rotatable bonds is 19. The van der Waals surface area contributed by atoms with Gasteiger partial charge in [0.15, 0.2) is 12.4 Å². The molecule has 0 spiro atoms. The lowest BCUT2D eigenvalue weighted by Gasteiger charge is -2.29. The average molecular weight is 910 g/mol. The number of ether oxygens (including phenoxy) is 1. The molecule has 3 aromatic carbocycles. The number of aromatic nitrogens is 2. The van der Waals surface area contributed by atoms with Gasteiger partial charge in [-0.05, 0) is 80.1 Å². The SMILES string of the molecule is C=C1CCC(N2C(=O)c3cccc(OCC(=O)NCCCCCCNC(=O)c4ccc(-c5cnc6[nH]cc(C(=O)c7c(F)ccc(NS(=O)(=O)CCC)c7F)c6c5)cc4)c3C2=O)C(=O)N1. The van der Waals surface area contributed by atoms with E-state index < -0.39 is 68.4 Å². The average Bonchev–Trinajstić information content (AvgIpc) is 3.82. The van der Waals surface area contributed by atoms with Gasteiger partial charge in [-0.1, -0.05) is 44.5 Å². The zero-order valence-corrected chi connectivity index (χ0v) is 36.0. The summed E-state index contributed by atoms with van der Waals surface area (Å²) in [6.45, 7) is 5.77. The number of benzene rings is 3. The lowest BCUT2D eigenvalue weighted by molar-refractivity contribution is -0.125. The molecule has 338 valence electrons. The van der Waals surface area contributed by atoms with Gasteiger partial charge < -0.3 is 25.7 Å². The van der Waals surface area contributed by atoms with Crippen LogP contribution in [0.2, 0.25) is 0 Å². The van der Waals surface area contributed by atoms with Crippen molar-refractivity contribution in [3.63, 3.8) is 0 Å². The minimum Gasteiger partial charge on any atom is -0.483 e. The molecule has 2 aliphatic heterocycles. The number of unbranched alkanes of at least 4 members (excludes halogenated alkanes) is 3. The van der Waals surface area contributed by atoms with Crippen LogP contribution in [0.1, 0.15) is 98.9 Å². The number of imide groups is 1. The van der Waals surface area contributed by atoms with Crippen LogP contribution < -0.4 is 25.4 Å². The number of carbonyl (C=O) groups is 6. The van der Waals surface area contributed by atoms with E-state index in [1.54, 1.807) is 49.5 Å². The van der Waals surface area contributed by atoms with Gasteiger partial charge in [-0.2, -0.15) is 0 Å². The Hall–Kier alpha value is -7.28. The quantitative estimate of drug-likeness (QED) is 0.0382. The van der Waals surface area contributed by atoms with Gasteiger partial charge in [-0.15, -0.1) is 0 Å². The highest BCUT2D eigenvalue weighted by atomic mass is 32.2. The summed E-state index contributed by atoms with van der Waals surface area (Å²) in [6.07, 6.45) is 6.70. The second kappa shape index (κ2) is 19.6. The number of halogens is 2. The number of carbonyl (C=O) groups excluding carboxylic acids is 6. The number of nitrogens with zero attached hydrogens (tertiary/aromatic N) is 2. The predicted octanol–water partition coefficient (Wildman–Crippen LogP) is 5.76. The van der Waals surface area contributed by atoms with Crippen molar-refractivity contribution in [2.24, 2.45) is 0 Å². The molecule has 7 rings (SSSR count). The number of anilines is 1. The first-order valence-corrected chi connectivity index (χ1v) is 22.6. The third-order valence-electron chi connectivity index (χ3n) is 10.9. The number of fused-ring (bicyclic) bond motifs is 2. The maximum Gasteiger partial charge on any atom is 0.266 e.